The Balaban J connectivity index is 1.40. The highest BCUT2D eigenvalue weighted by atomic mass is 35.5. The predicted molar refractivity (Wildman–Crippen MR) is 136 cm³/mol. The highest BCUT2D eigenvalue weighted by molar-refractivity contribution is 6.31. The molecule has 0 aromatic heterocycles. The van der Waals surface area contributed by atoms with Crippen LogP contribution in [-0.2, 0) is 19.1 Å². The number of carbonyl (C=O) groups excluding carboxylic acids is 3. The van der Waals surface area contributed by atoms with Crippen molar-refractivity contribution in [3.63, 3.8) is 0 Å². The highest BCUT2D eigenvalue weighted by Crippen LogP contribution is 2.29. The molecule has 0 heterocycles. The number of benzene rings is 3. The Hall–Kier alpha value is -3.84. The van der Waals surface area contributed by atoms with Gasteiger partial charge in [-0.1, -0.05) is 35.9 Å². The second-order valence-corrected chi connectivity index (χ2v) is 8.42. The average molecular weight is 495 g/mol. The standard InChI is InChI=1S/C27H27ClN2O5/c1-17-6-4-7-18(2)27(17)35-21-12-10-20(11-13-21)29-24(31)14-15-26(33)34-16-25(32)30-23-9-5-8-22(28)19(23)3/h4-13H,14-16H2,1-3H3,(H,29,31)(H,30,32). The first-order valence-electron chi connectivity index (χ1n) is 11.1. The summed E-state index contributed by atoms with van der Waals surface area (Å²) in [4.78, 5) is 36.1. The number of ether oxygens (including phenoxy) is 2. The molecule has 3 aromatic carbocycles. The second-order valence-electron chi connectivity index (χ2n) is 8.02. The van der Waals surface area contributed by atoms with Crippen molar-refractivity contribution >= 4 is 40.8 Å². The quantitative estimate of drug-likeness (QED) is 0.358. The van der Waals surface area contributed by atoms with Gasteiger partial charge in [0.2, 0.25) is 5.91 Å². The summed E-state index contributed by atoms with van der Waals surface area (Å²) in [6.07, 6.45) is -0.225. The number of rotatable bonds is 9. The van der Waals surface area contributed by atoms with E-state index in [0.717, 1.165) is 22.4 Å². The van der Waals surface area contributed by atoms with Gasteiger partial charge in [0, 0.05) is 22.8 Å². The Labute approximate surface area is 209 Å². The third kappa shape index (κ3) is 7.58. The van der Waals surface area contributed by atoms with Gasteiger partial charge in [0.1, 0.15) is 11.5 Å². The van der Waals surface area contributed by atoms with Crippen LogP contribution in [0.15, 0.2) is 60.7 Å². The van der Waals surface area contributed by atoms with Crippen LogP contribution in [0.5, 0.6) is 11.5 Å². The van der Waals surface area contributed by atoms with Gasteiger partial charge in [-0.2, -0.15) is 0 Å². The lowest BCUT2D eigenvalue weighted by molar-refractivity contribution is -0.147. The van der Waals surface area contributed by atoms with Gasteiger partial charge < -0.3 is 20.1 Å². The van der Waals surface area contributed by atoms with Gasteiger partial charge >= 0.3 is 5.97 Å². The van der Waals surface area contributed by atoms with Crippen LogP contribution in [-0.4, -0.2) is 24.4 Å². The SMILES string of the molecule is Cc1cccc(C)c1Oc1ccc(NC(=O)CCC(=O)OCC(=O)Nc2cccc(Cl)c2C)cc1. The summed E-state index contributed by atoms with van der Waals surface area (Å²) in [6.45, 7) is 5.28. The molecular weight excluding hydrogens is 468 g/mol. The fourth-order valence-electron chi connectivity index (χ4n) is 3.27. The number of para-hydroxylation sites is 1. The maximum Gasteiger partial charge on any atom is 0.306 e. The van der Waals surface area contributed by atoms with E-state index in [1.165, 1.54) is 0 Å². The fourth-order valence-corrected chi connectivity index (χ4v) is 3.45. The van der Waals surface area contributed by atoms with Gasteiger partial charge in [-0.15, -0.1) is 0 Å². The molecule has 3 aromatic rings. The largest absolute Gasteiger partial charge is 0.457 e. The van der Waals surface area contributed by atoms with Crippen LogP contribution in [0.4, 0.5) is 11.4 Å². The number of carbonyl (C=O) groups is 3. The van der Waals surface area contributed by atoms with E-state index in [9.17, 15) is 14.4 Å². The third-order valence-electron chi connectivity index (χ3n) is 5.23. The van der Waals surface area contributed by atoms with E-state index in [1.54, 1.807) is 49.4 Å². The van der Waals surface area contributed by atoms with Gasteiger partial charge in [0.15, 0.2) is 6.61 Å². The first-order valence-corrected chi connectivity index (χ1v) is 11.5. The number of amides is 2. The van der Waals surface area contributed by atoms with Crippen LogP contribution >= 0.6 is 11.6 Å². The van der Waals surface area contributed by atoms with Crippen molar-refractivity contribution in [2.75, 3.05) is 17.2 Å². The molecule has 2 amide bonds. The van der Waals surface area contributed by atoms with Crippen molar-refractivity contribution in [1.29, 1.82) is 0 Å². The lowest BCUT2D eigenvalue weighted by Crippen LogP contribution is -2.22. The van der Waals surface area contributed by atoms with Crippen LogP contribution in [0.2, 0.25) is 5.02 Å². The molecule has 35 heavy (non-hydrogen) atoms. The number of anilines is 2. The summed E-state index contributed by atoms with van der Waals surface area (Å²) in [6, 6.07) is 18.0. The van der Waals surface area contributed by atoms with Crippen molar-refractivity contribution in [3.8, 4) is 11.5 Å². The molecule has 0 saturated carbocycles. The minimum Gasteiger partial charge on any atom is -0.457 e. The van der Waals surface area contributed by atoms with Gasteiger partial charge in [0.25, 0.3) is 5.91 Å². The average Bonchev–Trinajstić information content (AvgIpc) is 2.83. The van der Waals surface area contributed by atoms with E-state index < -0.39 is 18.5 Å². The molecule has 0 aliphatic rings. The summed E-state index contributed by atoms with van der Waals surface area (Å²) < 4.78 is 10.9. The molecule has 0 spiro atoms. The molecule has 0 aliphatic heterocycles. The zero-order valence-electron chi connectivity index (χ0n) is 19.8. The Morgan fingerprint density at radius 3 is 2.14 bits per heavy atom. The van der Waals surface area contributed by atoms with E-state index in [2.05, 4.69) is 10.6 Å². The van der Waals surface area contributed by atoms with E-state index >= 15 is 0 Å². The minimum atomic E-state index is -0.643. The number of esters is 1. The minimum absolute atomic E-state index is 0.0749. The van der Waals surface area contributed by atoms with Crippen molar-refractivity contribution in [1.82, 2.24) is 0 Å². The number of aryl methyl sites for hydroxylation is 2. The number of halogens is 1. The van der Waals surface area contributed by atoms with Crippen molar-refractivity contribution in [2.45, 2.75) is 33.6 Å². The zero-order valence-corrected chi connectivity index (χ0v) is 20.6. The normalized spacial score (nSPS) is 10.4. The number of hydrogen-bond acceptors (Lipinski definition) is 5. The summed E-state index contributed by atoms with van der Waals surface area (Å²) in [5, 5.41) is 5.89. The fraction of sp³-hybridized carbons (Fsp3) is 0.222. The van der Waals surface area contributed by atoms with Crippen molar-refractivity contribution in [2.24, 2.45) is 0 Å². The summed E-state index contributed by atoms with van der Waals surface area (Å²) in [5.74, 6) is -0.0226. The monoisotopic (exact) mass is 494 g/mol. The van der Waals surface area contributed by atoms with Crippen LogP contribution in [0.3, 0.4) is 0 Å². The van der Waals surface area contributed by atoms with E-state index in [0.29, 0.717) is 22.1 Å². The van der Waals surface area contributed by atoms with Gasteiger partial charge in [-0.25, -0.2) is 0 Å². The summed E-state index contributed by atoms with van der Waals surface area (Å²) in [7, 11) is 0. The summed E-state index contributed by atoms with van der Waals surface area (Å²) in [5.41, 5.74) is 3.91. The molecule has 0 bridgehead atoms. The molecule has 0 fully saturated rings. The topological polar surface area (TPSA) is 93.7 Å². The molecule has 0 saturated heterocycles. The van der Waals surface area contributed by atoms with E-state index in [1.807, 2.05) is 32.0 Å². The Kier molecular flexibility index (Phi) is 8.86. The van der Waals surface area contributed by atoms with Crippen molar-refractivity contribution < 1.29 is 23.9 Å². The van der Waals surface area contributed by atoms with E-state index in [4.69, 9.17) is 21.1 Å². The highest BCUT2D eigenvalue weighted by Gasteiger charge is 2.12. The molecule has 0 atom stereocenters. The maximum atomic E-state index is 12.2. The second kappa shape index (κ2) is 12.0. The molecule has 8 heteroatoms. The number of hydrogen-bond donors (Lipinski definition) is 2. The summed E-state index contributed by atoms with van der Waals surface area (Å²) >= 11 is 6.02. The van der Waals surface area contributed by atoms with E-state index in [-0.39, 0.29) is 18.7 Å². The third-order valence-corrected chi connectivity index (χ3v) is 5.64. The Bertz CT molecular complexity index is 1200. The molecular formula is C27H27ClN2O5. The van der Waals surface area contributed by atoms with Gasteiger partial charge in [-0.05, 0) is 73.9 Å². The molecule has 2 N–H and O–H groups in total. The van der Waals surface area contributed by atoms with Gasteiger partial charge in [0.05, 0.1) is 6.42 Å². The molecule has 0 aliphatic carbocycles. The lowest BCUT2D eigenvalue weighted by atomic mass is 10.1. The zero-order chi connectivity index (χ0) is 25.4. The maximum absolute atomic E-state index is 12.2. The van der Waals surface area contributed by atoms with Crippen LogP contribution in [0.1, 0.15) is 29.5 Å². The molecule has 0 radical (unpaired) electrons. The van der Waals surface area contributed by atoms with Gasteiger partial charge in [-0.3, -0.25) is 14.4 Å². The van der Waals surface area contributed by atoms with Crippen LogP contribution in [0.25, 0.3) is 0 Å². The Morgan fingerprint density at radius 1 is 0.800 bits per heavy atom. The van der Waals surface area contributed by atoms with Crippen LogP contribution < -0.4 is 15.4 Å². The first kappa shape index (κ1) is 25.8. The van der Waals surface area contributed by atoms with Crippen molar-refractivity contribution in [3.05, 3.63) is 82.4 Å². The predicted octanol–water partition coefficient (Wildman–Crippen LogP) is 5.96. The molecule has 7 nitrogen and oxygen atoms in total. The molecule has 0 unspecified atom stereocenters. The smallest absolute Gasteiger partial charge is 0.306 e. The Morgan fingerprint density at radius 2 is 1.46 bits per heavy atom. The molecule has 182 valence electrons. The molecule has 3 rings (SSSR count). The lowest BCUT2D eigenvalue weighted by Gasteiger charge is -2.12. The number of nitrogens with one attached hydrogen (secondary N) is 2. The van der Waals surface area contributed by atoms with Crippen LogP contribution in [0, 0.1) is 20.8 Å². The first-order chi connectivity index (χ1) is 16.7.